The van der Waals surface area contributed by atoms with Gasteiger partial charge in [0.25, 0.3) is 0 Å². The molecule has 0 bridgehead atoms. The average Bonchev–Trinajstić information content (AvgIpc) is 3.29. The van der Waals surface area contributed by atoms with Crippen molar-refractivity contribution < 1.29 is 14.2 Å². The molecule has 0 saturated carbocycles. The molecule has 37 heavy (non-hydrogen) atoms. The van der Waals surface area contributed by atoms with Crippen LogP contribution in [0.4, 0.5) is 17.3 Å². The minimum atomic E-state index is 0.167. The van der Waals surface area contributed by atoms with Crippen LogP contribution in [0.1, 0.15) is 5.56 Å². The molecule has 1 fully saturated rings. The Morgan fingerprint density at radius 2 is 1.97 bits per heavy atom. The number of hydrogen-bond donors (Lipinski definition) is 1. The molecule has 186 valence electrons. The lowest BCUT2D eigenvalue weighted by atomic mass is 10.1. The third-order valence-corrected chi connectivity index (χ3v) is 6.90. The van der Waals surface area contributed by atoms with Gasteiger partial charge in [-0.3, -0.25) is 0 Å². The molecule has 3 aromatic heterocycles. The van der Waals surface area contributed by atoms with E-state index >= 15 is 0 Å². The molecule has 1 saturated heterocycles. The Morgan fingerprint density at radius 3 is 2.89 bits per heavy atom. The van der Waals surface area contributed by atoms with Crippen LogP contribution in [0.25, 0.3) is 21.9 Å². The zero-order valence-electron chi connectivity index (χ0n) is 20.5. The maximum atomic E-state index is 6.20. The highest BCUT2D eigenvalue weighted by Gasteiger charge is 2.33. The number of morpholine rings is 1. The number of aryl methyl sites for hydroxylation is 2. The second kappa shape index (κ2) is 8.59. The van der Waals surface area contributed by atoms with Gasteiger partial charge < -0.3 is 29.0 Å². The van der Waals surface area contributed by atoms with E-state index in [1.807, 2.05) is 54.9 Å². The second-order valence-corrected chi connectivity index (χ2v) is 9.34. The molecule has 10 heteroatoms. The van der Waals surface area contributed by atoms with Crippen molar-refractivity contribution in [2.45, 2.75) is 13.0 Å². The van der Waals surface area contributed by atoms with Gasteiger partial charge in [-0.2, -0.15) is 0 Å². The molecule has 10 nitrogen and oxygen atoms in total. The number of imidazole rings is 1. The van der Waals surface area contributed by atoms with Crippen LogP contribution in [0.3, 0.4) is 0 Å². The van der Waals surface area contributed by atoms with Crippen molar-refractivity contribution in [1.82, 2.24) is 24.5 Å². The Morgan fingerprint density at radius 1 is 1.03 bits per heavy atom. The summed E-state index contributed by atoms with van der Waals surface area (Å²) in [6.45, 7) is 4.65. The van der Waals surface area contributed by atoms with Crippen molar-refractivity contribution in [2.24, 2.45) is 7.05 Å². The number of hydrogen-bond acceptors (Lipinski definition) is 9. The van der Waals surface area contributed by atoms with E-state index in [2.05, 4.69) is 30.2 Å². The highest BCUT2D eigenvalue weighted by molar-refractivity contribution is 5.98. The average molecular weight is 496 g/mol. The van der Waals surface area contributed by atoms with Crippen molar-refractivity contribution in [2.75, 3.05) is 36.6 Å². The molecule has 2 aromatic carbocycles. The van der Waals surface area contributed by atoms with Crippen LogP contribution < -0.4 is 19.7 Å². The van der Waals surface area contributed by atoms with Crippen LogP contribution in [-0.4, -0.2) is 56.9 Å². The van der Waals surface area contributed by atoms with Crippen LogP contribution in [0.5, 0.6) is 17.2 Å². The fourth-order valence-corrected chi connectivity index (χ4v) is 4.99. The van der Waals surface area contributed by atoms with Gasteiger partial charge in [0.1, 0.15) is 30.3 Å². The van der Waals surface area contributed by atoms with Gasteiger partial charge in [0.05, 0.1) is 53.7 Å². The molecule has 2 aliphatic rings. The third kappa shape index (κ3) is 3.77. The lowest BCUT2D eigenvalue weighted by Gasteiger charge is -2.40. The van der Waals surface area contributed by atoms with Gasteiger partial charge in [0, 0.05) is 25.3 Å². The summed E-state index contributed by atoms with van der Waals surface area (Å²) in [6.07, 6.45) is 5.12. The first-order chi connectivity index (χ1) is 18.1. The first-order valence-electron chi connectivity index (χ1n) is 12.2. The lowest BCUT2D eigenvalue weighted by molar-refractivity contribution is 0.0702. The number of fused-ring (bicyclic) bond motifs is 6. The van der Waals surface area contributed by atoms with Gasteiger partial charge in [-0.15, -0.1) is 0 Å². The molecule has 0 spiro atoms. The molecule has 0 unspecified atom stereocenters. The van der Waals surface area contributed by atoms with Crippen molar-refractivity contribution in [3.8, 4) is 17.2 Å². The fraction of sp³-hybridized carbons (Fsp3) is 0.259. The molecule has 0 aliphatic carbocycles. The summed E-state index contributed by atoms with van der Waals surface area (Å²) in [5.74, 6) is 3.71. The molecule has 2 aliphatic heterocycles. The molecule has 1 N–H and O–H groups in total. The SMILES string of the molecule is Cc1cc(Nc2ncnc3cnc4c(c23)OC[C@H]2COCCN42)ccc1Oc1ccc2c(c1)ncn2C. The molecule has 7 rings (SSSR count). The number of pyridine rings is 1. The summed E-state index contributed by atoms with van der Waals surface area (Å²) in [4.78, 5) is 20.3. The van der Waals surface area contributed by atoms with Crippen molar-refractivity contribution in [3.05, 3.63) is 60.8 Å². The number of anilines is 3. The van der Waals surface area contributed by atoms with Crippen molar-refractivity contribution in [3.63, 3.8) is 0 Å². The minimum absolute atomic E-state index is 0.167. The fourth-order valence-electron chi connectivity index (χ4n) is 4.99. The molecule has 0 amide bonds. The van der Waals surface area contributed by atoms with Gasteiger partial charge >= 0.3 is 0 Å². The van der Waals surface area contributed by atoms with Crippen molar-refractivity contribution >= 4 is 39.3 Å². The molecule has 5 aromatic rings. The van der Waals surface area contributed by atoms with E-state index in [-0.39, 0.29) is 6.04 Å². The summed E-state index contributed by atoms with van der Waals surface area (Å²) in [6, 6.07) is 12.1. The maximum absolute atomic E-state index is 6.20. The smallest absolute Gasteiger partial charge is 0.175 e. The Hall–Kier alpha value is -4.44. The zero-order valence-corrected chi connectivity index (χ0v) is 20.5. The van der Waals surface area contributed by atoms with Gasteiger partial charge in [-0.05, 0) is 42.8 Å². The first kappa shape index (κ1) is 21.8. The Labute approximate surface area is 212 Å². The number of nitrogens with one attached hydrogen (secondary N) is 1. The van der Waals surface area contributed by atoms with Crippen LogP contribution in [0.15, 0.2) is 55.2 Å². The molecule has 1 atom stereocenters. The van der Waals surface area contributed by atoms with E-state index in [4.69, 9.17) is 14.2 Å². The first-order valence-corrected chi connectivity index (χ1v) is 12.2. The molecule has 0 radical (unpaired) electrons. The van der Waals surface area contributed by atoms with E-state index < -0.39 is 0 Å². The highest BCUT2D eigenvalue weighted by Crippen LogP contribution is 2.41. The highest BCUT2D eigenvalue weighted by atomic mass is 16.5. The number of nitrogens with zero attached hydrogens (tertiary/aromatic N) is 6. The molecular formula is C27H25N7O3. The topological polar surface area (TPSA) is 99.5 Å². The van der Waals surface area contributed by atoms with Crippen LogP contribution >= 0.6 is 0 Å². The Bertz CT molecular complexity index is 1650. The van der Waals surface area contributed by atoms with Gasteiger partial charge in [-0.1, -0.05) is 0 Å². The van der Waals surface area contributed by atoms with Gasteiger partial charge in [0.2, 0.25) is 0 Å². The van der Waals surface area contributed by atoms with Crippen molar-refractivity contribution in [1.29, 1.82) is 0 Å². The normalized spacial score (nSPS) is 16.8. The van der Waals surface area contributed by atoms with E-state index in [1.54, 1.807) is 12.5 Å². The molecule has 5 heterocycles. The molecular weight excluding hydrogens is 470 g/mol. The predicted octanol–water partition coefficient (Wildman–Crippen LogP) is 4.35. The van der Waals surface area contributed by atoms with E-state index in [0.29, 0.717) is 31.4 Å². The monoisotopic (exact) mass is 495 g/mol. The van der Waals surface area contributed by atoms with Crippen LogP contribution in [-0.2, 0) is 11.8 Å². The number of rotatable bonds is 4. The quantitative estimate of drug-likeness (QED) is 0.390. The summed E-state index contributed by atoms with van der Waals surface area (Å²) < 4.78 is 20.0. The van der Waals surface area contributed by atoms with E-state index in [0.717, 1.165) is 57.0 Å². The third-order valence-electron chi connectivity index (χ3n) is 6.90. The van der Waals surface area contributed by atoms with Crippen LogP contribution in [0.2, 0.25) is 0 Å². The number of aromatic nitrogens is 5. The lowest BCUT2D eigenvalue weighted by Crippen LogP contribution is -2.51. The summed E-state index contributed by atoms with van der Waals surface area (Å²) in [7, 11) is 1.98. The summed E-state index contributed by atoms with van der Waals surface area (Å²) >= 11 is 0. The summed E-state index contributed by atoms with van der Waals surface area (Å²) in [5.41, 5.74) is 4.56. The summed E-state index contributed by atoms with van der Waals surface area (Å²) in [5, 5.41) is 4.28. The number of ether oxygens (including phenoxy) is 3. The van der Waals surface area contributed by atoms with Gasteiger partial charge in [-0.25, -0.2) is 19.9 Å². The zero-order chi connectivity index (χ0) is 24.9. The number of benzene rings is 2. The standard InChI is InChI=1S/C27H25N7O3/c1-16-9-17(3-6-23(16)37-19-4-5-22-20(10-19)31-15-33(22)2)32-26-24-21(29-14-30-26)11-28-27-25(24)36-13-18-12-35-8-7-34(18)27/h3-6,9-11,14-15,18H,7-8,12-13H2,1-2H3,(H,29,30,32)/t18-/m1/s1. The predicted molar refractivity (Wildman–Crippen MR) is 140 cm³/mol. The Balaban J connectivity index is 1.19. The van der Waals surface area contributed by atoms with E-state index in [1.165, 1.54) is 6.33 Å². The van der Waals surface area contributed by atoms with E-state index in [9.17, 15) is 0 Å². The van der Waals surface area contributed by atoms with Gasteiger partial charge in [0.15, 0.2) is 11.6 Å². The largest absolute Gasteiger partial charge is 0.487 e. The Kier molecular flexibility index (Phi) is 5.07. The minimum Gasteiger partial charge on any atom is -0.487 e. The van der Waals surface area contributed by atoms with Crippen LogP contribution in [0, 0.1) is 6.92 Å². The second-order valence-electron chi connectivity index (χ2n) is 9.34. The maximum Gasteiger partial charge on any atom is 0.175 e.